The van der Waals surface area contributed by atoms with Crippen LogP contribution in [0.15, 0.2) is 15.8 Å². The summed E-state index contributed by atoms with van der Waals surface area (Å²) in [4.78, 5) is 28.5. The van der Waals surface area contributed by atoms with Crippen molar-refractivity contribution >= 4 is 17.1 Å². The Morgan fingerprint density at radius 3 is 2.16 bits per heavy atom. The monoisotopic (exact) mass is 487 g/mol. The molecule has 0 saturated carbocycles. The summed E-state index contributed by atoms with van der Waals surface area (Å²) in [5, 5.41) is 11.2. The molecule has 2 saturated heterocycles. The van der Waals surface area contributed by atoms with Crippen LogP contribution >= 0.6 is 0 Å². The highest BCUT2D eigenvalue weighted by atomic mass is 28.5. The van der Waals surface area contributed by atoms with Crippen LogP contribution in [-0.2, 0) is 17.7 Å². The number of aromatic nitrogens is 2. The molecule has 182 valence electrons. The second-order valence-electron chi connectivity index (χ2n) is 8.93. The van der Waals surface area contributed by atoms with Crippen molar-refractivity contribution in [2.45, 2.75) is 102 Å². The molecule has 4 atom stereocenters. The number of hydrogen-bond acceptors (Lipinski definition) is 7. The molecule has 3 N–H and O–H groups in total. The maximum Gasteiger partial charge on any atom is 0.329 e. The molecule has 0 amide bonds. The lowest BCUT2D eigenvalue weighted by Gasteiger charge is -2.45. The smallest absolute Gasteiger partial charge is 0.329 e. The van der Waals surface area contributed by atoms with Crippen molar-refractivity contribution in [3.05, 3.63) is 32.6 Å². The summed E-state index contributed by atoms with van der Waals surface area (Å²) in [6.07, 6.45) is 1.98. The molecule has 3 heterocycles. The van der Waals surface area contributed by atoms with Crippen LogP contribution < -0.4 is 11.2 Å². The summed E-state index contributed by atoms with van der Waals surface area (Å²) < 4.78 is 26.5. The fourth-order valence-electron chi connectivity index (χ4n) is 5.02. The normalized spacial score (nSPS) is 29.3. The molecule has 2 fully saturated rings. The van der Waals surface area contributed by atoms with Gasteiger partial charge in [0.25, 0.3) is 5.56 Å². The van der Waals surface area contributed by atoms with Gasteiger partial charge in [-0.3, -0.25) is 9.78 Å². The van der Waals surface area contributed by atoms with Crippen LogP contribution in [0.5, 0.6) is 0 Å². The third-order valence-corrected chi connectivity index (χ3v) is 15.7. The van der Waals surface area contributed by atoms with E-state index in [1.54, 1.807) is 0 Å². The zero-order chi connectivity index (χ0) is 23.4. The van der Waals surface area contributed by atoms with Gasteiger partial charge in [-0.25, -0.2) is 4.79 Å². The van der Waals surface area contributed by atoms with Crippen LogP contribution in [0.25, 0.3) is 0 Å². The molecule has 0 unspecified atom stereocenters. The first-order valence-electron chi connectivity index (χ1n) is 12.0. The summed E-state index contributed by atoms with van der Waals surface area (Å²) in [6.45, 7) is 8.81. The Bertz CT molecular complexity index is 849. The molecular weight excluding hydrogens is 449 g/mol. The first kappa shape index (κ1) is 25.5. The minimum atomic E-state index is -2.70. The van der Waals surface area contributed by atoms with Gasteiger partial charge in [-0.1, -0.05) is 53.4 Å². The lowest BCUT2D eigenvalue weighted by molar-refractivity contribution is -0.0356. The van der Waals surface area contributed by atoms with Gasteiger partial charge in [-0.05, 0) is 24.2 Å². The standard InChI is InChI=1S/C21H38N2O7Si2/c1-5-9-31(10-6-2)27-14-16-19(29-32(30-31,11-7-3)12-8-4)17(24)18(28-16)15-13-22-21(26)23-20(15)25/h13,16-19,24H,5-12,14H2,1-4H3,(H2,22,23,25,26)/t16-,17+,18+,19-/m1/s1/i23+1. The van der Waals surface area contributed by atoms with Gasteiger partial charge >= 0.3 is 22.8 Å². The van der Waals surface area contributed by atoms with Gasteiger partial charge in [-0.2, -0.15) is 0 Å². The molecule has 2 aliphatic heterocycles. The lowest BCUT2D eigenvalue weighted by atomic mass is 10.0. The number of rotatable bonds is 9. The van der Waals surface area contributed by atoms with Crippen LogP contribution in [-0.4, -0.2) is 57.1 Å². The number of ether oxygens (including phenoxy) is 1. The average Bonchev–Trinajstić information content (AvgIpc) is 3.01. The number of aromatic amines is 2. The number of aliphatic hydroxyl groups excluding tert-OH is 1. The Balaban J connectivity index is 1.99. The zero-order valence-electron chi connectivity index (χ0n) is 19.6. The maximum absolute atomic E-state index is 12.4. The van der Waals surface area contributed by atoms with E-state index in [-0.39, 0.29) is 12.2 Å². The van der Waals surface area contributed by atoms with E-state index in [1.807, 2.05) is 0 Å². The van der Waals surface area contributed by atoms with E-state index >= 15 is 0 Å². The molecule has 9 nitrogen and oxygen atoms in total. The Kier molecular flexibility index (Phi) is 8.69. The molecule has 0 spiro atoms. The molecule has 1 aromatic heterocycles. The van der Waals surface area contributed by atoms with Crippen LogP contribution in [0.2, 0.25) is 24.2 Å². The molecule has 0 aliphatic carbocycles. The fraction of sp³-hybridized carbons (Fsp3) is 0.810. The van der Waals surface area contributed by atoms with Crippen molar-refractivity contribution < 1.29 is 22.8 Å². The molecule has 1 aromatic rings. The van der Waals surface area contributed by atoms with Crippen LogP contribution in [0.4, 0.5) is 0 Å². The Hall–Kier alpha value is -1.09. The second-order valence-corrected chi connectivity index (χ2v) is 15.9. The average molecular weight is 488 g/mol. The van der Waals surface area contributed by atoms with Gasteiger partial charge in [0.1, 0.15) is 24.4 Å². The van der Waals surface area contributed by atoms with Crippen LogP contribution in [0.3, 0.4) is 0 Å². The number of H-pyrrole nitrogens is 2. The van der Waals surface area contributed by atoms with Gasteiger partial charge in [-0.15, -0.1) is 0 Å². The predicted molar refractivity (Wildman–Crippen MR) is 125 cm³/mol. The molecule has 0 radical (unpaired) electrons. The van der Waals surface area contributed by atoms with E-state index in [0.717, 1.165) is 49.9 Å². The van der Waals surface area contributed by atoms with Gasteiger partial charge in [0, 0.05) is 6.20 Å². The minimum Gasteiger partial charge on any atom is -0.414 e. The highest BCUT2D eigenvalue weighted by Crippen LogP contribution is 2.42. The van der Waals surface area contributed by atoms with Crippen molar-refractivity contribution in [2.75, 3.05) is 6.61 Å². The van der Waals surface area contributed by atoms with E-state index in [1.165, 1.54) is 6.20 Å². The molecule has 11 heteroatoms. The Labute approximate surface area is 191 Å². The zero-order valence-corrected chi connectivity index (χ0v) is 21.6. The quantitative estimate of drug-likeness (QED) is 0.458. The van der Waals surface area contributed by atoms with Crippen LogP contribution in [0.1, 0.15) is 65.0 Å². The molecule has 0 bridgehead atoms. The lowest BCUT2D eigenvalue weighted by Crippen LogP contribution is -2.61. The molecule has 32 heavy (non-hydrogen) atoms. The van der Waals surface area contributed by atoms with E-state index < -0.39 is 52.8 Å². The number of nitrogens with one attached hydrogen (secondary N) is 2. The largest absolute Gasteiger partial charge is 0.414 e. The minimum absolute atomic E-state index is 0.178. The van der Waals surface area contributed by atoms with E-state index in [4.69, 9.17) is 17.7 Å². The van der Waals surface area contributed by atoms with Gasteiger partial charge in [0.05, 0.1) is 12.2 Å². The fourth-order valence-corrected chi connectivity index (χ4v) is 15.1. The summed E-state index contributed by atoms with van der Waals surface area (Å²) in [6, 6.07) is 3.45. The first-order valence-corrected chi connectivity index (χ1v) is 16.5. The van der Waals surface area contributed by atoms with Crippen molar-refractivity contribution in [1.82, 2.24) is 9.97 Å². The first-order chi connectivity index (χ1) is 15.3. The number of aliphatic hydroxyl groups is 1. The summed E-state index contributed by atoms with van der Waals surface area (Å²) in [7, 11) is -5.22. The SMILES string of the molecule is CCC[Si]1(CCC)OC[C@H]2O[C@@H](c3c[nH]c(=O)[15nH]c3=O)[C@H](O)[C@@H]2O[Si](CCC)(CCC)O1. The molecule has 0 aromatic carbocycles. The third kappa shape index (κ3) is 5.35. The van der Waals surface area contributed by atoms with Crippen molar-refractivity contribution in [1.29, 1.82) is 0 Å². The highest BCUT2D eigenvalue weighted by Gasteiger charge is 2.56. The Morgan fingerprint density at radius 1 is 1.00 bits per heavy atom. The molecule has 3 rings (SSSR count). The summed E-state index contributed by atoms with van der Waals surface area (Å²) in [5.41, 5.74) is -0.995. The summed E-state index contributed by atoms with van der Waals surface area (Å²) >= 11 is 0. The van der Waals surface area contributed by atoms with E-state index in [2.05, 4.69) is 37.7 Å². The topological polar surface area (TPSA) is 123 Å². The van der Waals surface area contributed by atoms with Crippen molar-refractivity contribution in [3.63, 3.8) is 0 Å². The van der Waals surface area contributed by atoms with Gasteiger partial charge in [0.2, 0.25) is 0 Å². The molecule has 2 aliphatic rings. The second kappa shape index (κ2) is 10.9. The van der Waals surface area contributed by atoms with Crippen LogP contribution in [0, 0.1) is 0 Å². The van der Waals surface area contributed by atoms with Crippen molar-refractivity contribution in [3.8, 4) is 0 Å². The maximum atomic E-state index is 12.4. The predicted octanol–water partition coefficient (Wildman–Crippen LogP) is 2.82. The van der Waals surface area contributed by atoms with Gasteiger partial charge in [0.15, 0.2) is 0 Å². The van der Waals surface area contributed by atoms with Gasteiger partial charge < -0.3 is 27.8 Å². The number of fused-ring (bicyclic) bond motifs is 1. The third-order valence-electron chi connectivity index (χ3n) is 6.25. The summed E-state index contributed by atoms with van der Waals surface area (Å²) in [5.74, 6) is 0. The van der Waals surface area contributed by atoms with E-state index in [0.29, 0.717) is 0 Å². The number of hydrogen-bond donors (Lipinski definition) is 3. The highest BCUT2D eigenvalue weighted by molar-refractivity contribution is 6.81. The van der Waals surface area contributed by atoms with Crippen molar-refractivity contribution in [2.24, 2.45) is 0 Å². The Morgan fingerprint density at radius 2 is 1.59 bits per heavy atom. The molecular formula is C21H38N2O7Si2. The van der Waals surface area contributed by atoms with E-state index in [9.17, 15) is 14.7 Å².